The topological polar surface area (TPSA) is 514 Å². The highest BCUT2D eigenvalue weighted by Crippen LogP contribution is 2.27. The zero-order valence-electron chi connectivity index (χ0n) is 54.2. The number of aliphatic carboxylic acids is 4. The number of benzene rings is 1. The lowest BCUT2D eigenvalue weighted by molar-refractivity contribution is -0.150. The van der Waals surface area contributed by atoms with Gasteiger partial charge < -0.3 is 79.1 Å². The highest BCUT2D eigenvalue weighted by Gasteiger charge is 2.40. The van der Waals surface area contributed by atoms with Gasteiger partial charge in [-0.15, -0.1) is 0 Å². The number of fused-ring (bicyclic) bond motifs is 2. The number of likely N-dealkylation sites (tertiary alicyclic amines) is 1. The zero-order valence-corrected chi connectivity index (χ0v) is 55.9. The molecule has 1 saturated heterocycles. The highest BCUT2D eigenvalue weighted by atomic mass is 32.2. The quantitative estimate of drug-likeness (QED) is 0.0583. The number of carboxylic acid groups (broad SMARTS) is 4. The number of amides is 9. The van der Waals surface area contributed by atoms with Crippen molar-refractivity contribution in [3.63, 3.8) is 0 Å². The molecule has 0 aliphatic carbocycles. The van der Waals surface area contributed by atoms with Crippen LogP contribution in [0.25, 0.3) is 0 Å². The number of nitrogens with two attached hydrogens (primary N) is 2. The number of rotatable bonds is 25. The van der Waals surface area contributed by atoms with E-state index in [0.717, 1.165) is 37.4 Å². The molecule has 1 aromatic rings. The molecular formula is C62H92N10O21S2. The third kappa shape index (κ3) is 29.2. The fourth-order valence-electron chi connectivity index (χ4n) is 10.6. The summed E-state index contributed by atoms with van der Waals surface area (Å²) < 4.78 is 0. The number of carbonyl (C=O) groups is 16. The average molecular weight is 1380 g/mol. The highest BCUT2D eigenvalue weighted by molar-refractivity contribution is 7.98. The molecule has 2 aliphatic heterocycles. The fourth-order valence-corrected chi connectivity index (χ4v) is 12.6. The Labute approximate surface area is 558 Å². The van der Waals surface area contributed by atoms with E-state index >= 15 is 0 Å². The van der Waals surface area contributed by atoms with Crippen molar-refractivity contribution in [1.29, 1.82) is 0 Å². The molecule has 0 aromatic heterocycles. The summed E-state index contributed by atoms with van der Waals surface area (Å²) in [7, 11) is 0. The number of primary amides is 1. The number of aliphatic hydroxyl groups is 1. The monoisotopic (exact) mass is 1380 g/mol. The Bertz CT molecular complexity index is 2950. The second-order valence-corrected chi connectivity index (χ2v) is 26.8. The van der Waals surface area contributed by atoms with Gasteiger partial charge >= 0.3 is 23.9 Å². The van der Waals surface area contributed by atoms with Crippen molar-refractivity contribution >= 4 is 118 Å². The van der Waals surface area contributed by atoms with Crippen molar-refractivity contribution in [1.82, 2.24) is 42.1 Å². The van der Waals surface area contributed by atoms with Gasteiger partial charge in [-0.1, -0.05) is 52.0 Å². The molecule has 1 fully saturated rings. The van der Waals surface area contributed by atoms with Crippen molar-refractivity contribution in [2.45, 2.75) is 210 Å². The van der Waals surface area contributed by atoms with Crippen LogP contribution < -0.4 is 48.7 Å². The van der Waals surface area contributed by atoms with Gasteiger partial charge in [-0.3, -0.25) is 71.9 Å². The minimum atomic E-state index is -1.83. The molecule has 0 spiro atoms. The second-order valence-electron chi connectivity index (χ2n) is 24.7. The lowest BCUT2D eigenvalue weighted by atomic mass is 9.89. The van der Waals surface area contributed by atoms with Crippen molar-refractivity contribution < 1.29 is 102 Å². The van der Waals surface area contributed by atoms with E-state index in [1.54, 1.807) is 52.0 Å². The number of thioether (sulfide) groups is 2. The molecule has 2 heterocycles. The van der Waals surface area contributed by atoms with Gasteiger partial charge in [-0.25, -0.2) is 4.79 Å². The van der Waals surface area contributed by atoms with E-state index in [1.807, 2.05) is 0 Å². The van der Waals surface area contributed by atoms with E-state index in [2.05, 4.69) is 37.2 Å². The minimum Gasteiger partial charge on any atom is -0.481 e. The summed E-state index contributed by atoms with van der Waals surface area (Å²) in [4.78, 5) is 215. The van der Waals surface area contributed by atoms with E-state index in [0.29, 0.717) is 17.5 Å². The van der Waals surface area contributed by atoms with Crippen molar-refractivity contribution in [2.24, 2.45) is 35.1 Å². The van der Waals surface area contributed by atoms with Gasteiger partial charge in [0, 0.05) is 80.4 Å². The Morgan fingerprint density at radius 3 is 1.84 bits per heavy atom. The summed E-state index contributed by atoms with van der Waals surface area (Å²) in [6, 6.07) is -6.70. The Morgan fingerprint density at radius 1 is 0.695 bits per heavy atom. The standard InChI is InChI=1S/C62H92N10O21S2/c1-31(2)21-38(61(91)72-20-8-11-45(72)62(92)93)25-48(76)44-30-95-28-36-10-7-9-35(23-36)27-94-29-43(70-59(89)41(12-16-49(64)77)68-57(87)39(63)22-32(3)4)47(75)24-37(26-53(83)84)56(86)65-33(5)55(85)67-42(14-19-52(81)82)60(90)71-54(34(6)73)46(74)15-17-50(78)66-40(58(88)69-44)13-18-51(79)80/h7,9-10,23,31-34,37-45,54,73H,8,11-22,24-30,63H2,1-6H3,(H2,64,77)(H,65,86)(H,66,78)(H,67,85)(H,68,87)(H,69,88)(H,70,89)(H,71,90)(H,79,80)(H,81,82)(H,83,84)(H,92,93)/t33-,34-,37-,38+,39-,40-,41-,42-,43-,44-,45-,54-/m0/s1. The number of hydrogen-bond acceptors (Lipinski definition) is 20. The van der Waals surface area contributed by atoms with Crippen LogP contribution >= 0.6 is 23.5 Å². The Morgan fingerprint density at radius 2 is 1.28 bits per heavy atom. The van der Waals surface area contributed by atoms with Gasteiger partial charge in [0.15, 0.2) is 17.3 Å². The molecule has 1 aromatic carbocycles. The van der Waals surface area contributed by atoms with Crippen LogP contribution in [0.2, 0.25) is 0 Å². The molecule has 31 nitrogen and oxygen atoms in total. The first-order chi connectivity index (χ1) is 44.6. The summed E-state index contributed by atoms with van der Waals surface area (Å²) in [5.74, 6) is -20.1. The van der Waals surface area contributed by atoms with E-state index in [1.165, 1.54) is 4.90 Å². The first-order valence-electron chi connectivity index (χ1n) is 31.4. The van der Waals surface area contributed by atoms with Crippen LogP contribution in [0.5, 0.6) is 0 Å². The third-order valence-corrected chi connectivity index (χ3v) is 17.8. The van der Waals surface area contributed by atoms with Crippen LogP contribution in [0.4, 0.5) is 0 Å². The Kier molecular flexibility index (Phi) is 34.5. The molecule has 0 radical (unpaired) electrons. The normalized spacial score (nSPS) is 23.4. The summed E-state index contributed by atoms with van der Waals surface area (Å²) >= 11 is 2.25. The number of carboxylic acids is 4. The van der Waals surface area contributed by atoms with Crippen LogP contribution in [-0.4, -0.2) is 203 Å². The fraction of sp³-hybridized carbons (Fsp3) is 0.645. The molecule has 3 rings (SSSR count). The number of ketones is 3. The molecule has 2 aliphatic rings. The predicted octanol–water partition coefficient (Wildman–Crippen LogP) is -0.574. The van der Waals surface area contributed by atoms with Crippen LogP contribution in [0.15, 0.2) is 24.3 Å². The largest absolute Gasteiger partial charge is 0.481 e. The molecular weight excluding hydrogens is 1280 g/mol. The van der Waals surface area contributed by atoms with Crippen molar-refractivity contribution in [2.75, 3.05) is 18.1 Å². The summed E-state index contributed by atoms with van der Waals surface area (Å²) in [6.07, 6.45) is -7.98. The summed E-state index contributed by atoms with van der Waals surface area (Å²) in [5.41, 5.74) is 12.8. The van der Waals surface area contributed by atoms with Crippen LogP contribution in [0.1, 0.15) is 149 Å². The van der Waals surface area contributed by atoms with Crippen molar-refractivity contribution in [3.05, 3.63) is 35.4 Å². The molecule has 12 atom stereocenters. The lowest BCUT2D eigenvalue weighted by Crippen LogP contribution is -2.57. The molecule has 33 heteroatoms. The molecule has 95 heavy (non-hydrogen) atoms. The van der Waals surface area contributed by atoms with Crippen LogP contribution in [-0.2, 0) is 88.2 Å². The number of nitrogens with zero attached hydrogens (tertiary/aromatic N) is 1. The Hall–Kier alpha value is -8.04. The molecule has 0 saturated carbocycles. The van der Waals surface area contributed by atoms with Crippen LogP contribution in [0.3, 0.4) is 0 Å². The number of hydrogen-bond donors (Lipinski definition) is 14. The SMILES string of the molecule is CC(C)C[C@H](CC(=O)[C@@H]1CSCc2cccc(c2)CSC[C@H](NC(=O)[C@H](CCC(N)=O)NC(=O)[C@@H](N)CC(C)C)C(=O)C[C@@H](CC(=O)O)C(=O)N[C@@H](C)C(=O)N[C@@H](CCC(=O)O)C(=O)N[C@@H]([C@H](C)O)C(=O)CCC(=O)N[C@@H](CCC(=O)O)C(=O)N1)C(=O)N1CCC[C@H]1C(=O)O. The van der Waals surface area contributed by atoms with Gasteiger partial charge in [0.1, 0.15) is 36.3 Å². The van der Waals surface area contributed by atoms with E-state index in [4.69, 9.17) is 11.5 Å². The third-order valence-electron chi connectivity index (χ3n) is 15.6. The number of carbonyl (C=O) groups excluding carboxylic acids is 12. The number of nitrogens with one attached hydrogen (secondary N) is 7. The van der Waals surface area contributed by atoms with E-state index in [9.17, 15) is 102 Å². The first kappa shape index (κ1) is 81.2. The zero-order chi connectivity index (χ0) is 71.4. The van der Waals surface area contributed by atoms with E-state index < -0.39 is 231 Å². The smallest absolute Gasteiger partial charge is 0.326 e. The van der Waals surface area contributed by atoms with E-state index in [-0.39, 0.29) is 67.1 Å². The molecule has 2 bridgehead atoms. The lowest BCUT2D eigenvalue weighted by Gasteiger charge is -2.29. The summed E-state index contributed by atoms with van der Waals surface area (Å²) in [6.45, 7) is 9.53. The molecule has 9 amide bonds. The first-order valence-corrected chi connectivity index (χ1v) is 33.7. The predicted molar refractivity (Wildman–Crippen MR) is 344 cm³/mol. The molecule has 0 unspecified atom stereocenters. The maximum Gasteiger partial charge on any atom is 0.326 e. The van der Waals surface area contributed by atoms with Gasteiger partial charge in [-0.2, -0.15) is 23.5 Å². The maximum atomic E-state index is 14.6. The number of Topliss-reactive ketones (excluding diaryl/α,β-unsaturated/α-hetero) is 3. The van der Waals surface area contributed by atoms with Gasteiger partial charge in [0.05, 0.1) is 36.6 Å². The molecule has 16 N–H and O–H groups in total. The maximum absolute atomic E-state index is 14.6. The Balaban J connectivity index is 2.20. The summed E-state index contributed by atoms with van der Waals surface area (Å²) in [5, 5.41) is 66.7. The average Bonchev–Trinajstić information content (AvgIpc) is 1.78. The van der Waals surface area contributed by atoms with Crippen LogP contribution in [0, 0.1) is 23.7 Å². The number of aliphatic hydroxyl groups excluding tert-OH is 1. The second kappa shape index (κ2) is 40.4. The van der Waals surface area contributed by atoms with Gasteiger partial charge in [0.25, 0.3) is 0 Å². The van der Waals surface area contributed by atoms with Gasteiger partial charge in [-0.05, 0) is 81.8 Å². The minimum absolute atomic E-state index is 0.0500. The van der Waals surface area contributed by atoms with Crippen molar-refractivity contribution in [3.8, 4) is 0 Å². The van der Waals surface area contributed by atoms with Gasteiger partial charge in [0.2, 0.25) is 53.2 Å². The molecule has 528 valence electrons.